The number of nitrogens with zero attached hydrogens (tertiary/aromatic N) is 2. The molecular formula is C13H15F3N2O5S2. The molecule has 140 valence electrons. The molecule has 1 rings (SSSR count). The largest absolute Gasteiger partial charge is 0.479 e. The summed E-state index contributed by atoms with van der Waals surface area (Å²) >= 11 is 5.53. The van der Waals surface area contributed by atoms with Gasteiger partial charge in [0, 0.05) is 20.3 Å². The number of carbonyl (C=O) groups is 4. The standard InChI is InChI=1S/C13H15F3N2O5S2/c1-4-23-12(24)25-10-8(5-9(21)13(14,15)16)17(6(2)19)11(22)18(10)7(3)20/h8,10H,4-5H2,1-3H3/t8-,10-/m1/s1. The topological polar surface area (TPSA) is 84.0 Å². The second kappa shape index (κ2) is 8.13. The molecule has 12 heteroatoms. The van der Waals surface area contributed by atoms with E-state index in [9.17, 15) is 32.3 Å². The van der Waals surface area contributed by atoms with E-state index in [0.29, 0.717) is 21.6 Å². The number of hydrogen-bond acceptors (Lipinski definition) is 7. The maximum atomic E-state index is 12.6. The summed E-state index contributed by atoms with van der Waals surface area (Å²) in [5.41, 5.74) is 0. The number of hydrogen-bond donors (Lipinski definition) is 0. The fraction of sp³-hybridized carbons (Fsp3) is 0.615. The second-order valence-corrected chi connectivity index (χ2v) is 6.66. The smallest absolute Gasteiger partial charge is 0.450 e. The minimum Gasteiger partial charge on any atom is -0.479 e. The van der Waals surface area contributed by atoms with Crippen molar-refractivity contribution in [3.8, 4) is 0 Å². The average molecular weight is 400 g/mol. The zero-order valence-electron chi connectivity index (χ0n) is 13.5. The summed E-state index contributed by atoms with van der Waals surface area (Å²) in [6.07, 6.45) is -6.31. The molecule has 1 fully saturated rings. The first kappa shape index (κ1) is 21.4. The predicted molar refractivity (Wildman–Crippen MR) is 85.5 cm³/mol. The monoisotopic (exact) mass is 400 g/mol. The Labute approximate surface area is 150 Å². The Hall–Kier alpha value is -1.69. The maximum absolute atomic E-state index is 12.6. The molecule has 1 aliphatic rings. The first-order valence-corrected chi connectivity index (χ1v) is 8.27. The van der Waals surface area contributed by atoms with Gasteiger partial charge in [0.2, 0.25) is 22.0 Å². The molecule has 0 radical (unpaired) electrons. The highest BCUT2D eigenvalue weighted by Crippen LogP contribution is 2.36. The van der Waals surface area contributed by atoms with Crippen molar-refractivity contribution >= 4 is 52.0 Å². The molecule has 7 nitrogen and oxygen atoms in total. The molecule has 0 aromatic carbocycles. The molecular weight excluding hydrogens is 385 g/mol. The number of imide groups is 2. The number of halogens is 3. The van der Waals surface area contributed by atoms with Crippen molar-refractivity contribution in [2.75, 3.05) is 6.61 Å². The van der Waals surface area contributed by atoms with Crippen LogP contribution in [-0.4, -0.2) is 62.0 Å². The summed E-state index contributed by atoms with van der Waals surface area (Å²) < 4.78 is 42.7. The Bertz CT molecular complexity index is 611. The third kappa shape index (κ3) is 4.91. The number of urea groups is 1. The lowest BCUT2D eigenvalue weighted by Gasteiger charge is -2.25. The number of Topliss-reactive ketones (excluding diaryl/α,β-unsaturated/α-hetero) is 1. The van der Waals surface area contributed by atoms with Gasteiger partial charge in [-0.3, -0.25) is 19.3 Å². The van der Waals surface area contributed by atoms with Gasteiger partial charge in [-0.1, -0.05) is 0 Å². The van der Waals surface area contributed by atoms with Gasteiger partial charge in [-0.25, -0.2) is 9.69 Å². The van der Waals surface area contributed by atoms with Crippen molar-refractivity contribution in [3.05, 3.63) is 0 Å². The Morgan fingerprint density at radius 2 is 1.72 bits per heavy atom. The van der Waals surface area contributed by atoms with Gasteiger partial charge in [-0.05, 0) is 30.9 Å². The zero-order chi connectivity index (χ0) is 19.5. The average Bonchev–Trinajstić information content (AvgIpc) is 2.70. The quantitative estimate of drug-likeness (QED) is 0.668. The van der Waals surface area contributed by atoms with Crippen LogP contribution in [0.4, 0.5) is 18.0 Å². The molecule has 4 amide bonds. The molecule has 1 aliphatic heterocycles. The lowest BCUT2D eigenvalue weighted by molar-refractivity contribution is -0.172. The molecule has 0 bridgehead atoms. The summed E-state index contributed by atoms with van der Waals surface area (Å²) in [7, 11) is 0. The van der Waals surface area contributed by atoms with Crippen LogP contribution in [0, 0.1) is 0 Å². The van der Waals surface area contributed by atoms with E-state index in [1.807, 2.05) is 0 Å². The summed E-state index contributed by atoms with van der Waals surface area (Å²) in [6, 6.07) is -2.61. The van der Waals surface area contributed by atoms with Crippen LogP contribution in [-0.2, 0) is 19.1 Å². The number of rotatable bonds is 4. The van der Waals surface area contributed by atoms with E-state index < -0.39 is 47.6 Å². The summed E-state index contributed by atoms with van der Waals surface area (Å²) in [5, 5.41) is -1.29. The van der Waals surface area contributed by atoms with Crippen LogP contribution in [0.5, 0.6) is 0 Å². The normalized spacial score (nSPS) is 20.6. The van der Waals surface area contributed by atoms with E-state index in [0.717, 1.165) is 13.8 Å². The zero-order valence-corrected chi connectivity index (χ0v) is 15.1. The Morgan fingerprint density at radius 1 is 1.20 bits per heavy atom. The number of ketones is 1. The van der Waals surface area contributed by atoms with Gasteiger partial charge in [0.05, 0.1) is 12.6 Å². The van der Waals surface area contributed by atoms with Gasteiger partial charge < -0.3 is 4.74 Å². The fourth-order valence-electron chi connectivity index (χ4n) is 2.23. The highest BCUT2D eigenvalue weighted by Gasteiger charge is 2.53. The van der Waals surface area contributed by atoms with Crippen molar-refractivity contribution < 1.29 is 37.1 Å². The Morgan fingerprint density at radius 3 is 2.12 bits per heavy atom. The molecule has 2 atom stereocenters. The van der Waals surface area contributed by atoms with E-state index >= 15 is 0 Å². The number of thiocarbonyl (C=S) groups is 1. The number of thioether (sulfide) groups is 1. The first-order valence-electron chi connectivity index (χ1n) is 6.98. The van der Waals surface area contributed by atoms with Crippen LogP contribution in [0.3, 0.4) is 0 Å². The van der Waals surface area contributed by atoms with Crippen molar-refractivity contribution in [1.29, 1.82) is 0 Å². The minimum absolute atomic E-state index is 0.124. The fourth-order valence-corrected chi connectivity index (χ4v) is 3.74. The molecule has 0 unspecified atom stereocenters. The highest BCUT2D eigenvalue weighted by atomic mass is 32.2. The van der Waals surface area contributed by atoms with Crippen molar-refractivity contribution in [3.63, 3.8) is 0 Å². The van der Waals surface area contributed by atoms with E-state index in [2.05, 4.69) is 0 Å². The Balaban J connectivity index is 3.27. The molecule has 0 aromatic heterocycles. The van der Waals surface area contributed by atoms with Gasteiger partial charge in [-0.15, -0.1) is 0 Å². The summed E-state index contributed by atoms with van der Waals surface area (Å²) in [4.78, 5) is 48.2. The van der Waals surface area contributed by atoms with Crippen LogP contribution >= 0.6 is 24.0 Å². The molecule has 0 aromatic rings. The lowest BCUT2D eigenvalue weighted by Crippen LogP contribution is -2.43. The summed E-state index contributed by atoms with van der Waals surface area (Å²) in [5.74, 6) is -3.80. The Kier molecular flexibility index (Phi) is 6.94. The van der Waals surface area contributed by atoms with E-state index in [-0.39, 0.29) is 11.0 Å². The SMILES string of the molecule is CCOC(=S)S[C@@H]1[C@@H](CC(=O)C(F)(F)F)N(C(C)=O)C(=O)N1C(C)=O. The van der Waals surface area contributed by atoms with Crippen molar-refractivity contribution in [1.82, 2.24) is 9.80 Å². The molecule has 0 spiro atoms. The van der Waals surface area contributed by atoms with Crippen LogP contribution < -0.4 is 0 Å². The lowest BCUT2D eigenvalue weighted by atomic mass is 10.1. The molecule has 0 N–H and O–H groups in total. The molecule has 0 saturated carbocycles. The molecule has 0 aliphatic carbocycles. The van der Waals surface area contributed by atoms with Gasteiger partial charge >= 0.3 is 12.2 Å². The van der Waals surface area contributed by atoms with E-state index in [1.54, 1.807) is 6.92 Å². The maximum Gasteiger partial charge on any atom is 0.450 e. The van der Waals surface area contributed by atoms with Gasteiger partial charge in [0.1, 0.15) is 5.37 Å². The molecule has 25 heavy (non-hydrogen) atoms. The van der Waals surface area contributed by atoms with Crippen LogP contribution in [0.1, 0.15) is 27.2 Å². The predicted octanol–water partition coefficient (Wildman–Crippen LogP) is 2.09. The van der Waals surface area contributed by atoms with Crippen LogP contribution in [0.2, 0.25) is 0 Å². The molecule has 1 heterocycles. The second-order valence-electron chi connectivity index (χ2n) is 4.94. The number of ether oxygens (including phenoxy) is 1. The van der Waals surface area contributed by atoms with Gasteiger partial charge in [-0.2, -0.15) is 13.2 Å². The van der Waals surface area contributed by atoms with Crippen LogP contribution in [0.15, 0.2) is 0 Å². The van der Waals surface area contributed by atoms with Crippen molar-refractivity contribution in [2.24, 2.45) is 0 Å². The minimum atomic E-state index is -5.13. The van der Waals surface area contributed by atoms with Crippen molar-refractivity contribution in [2.45, 2.75) is 44.8 Å². The summed E-state index contributed by atoms with van der Waals surface area (Å²) in [6.45, 7) is 3.74. The third-order valence-corrected chi connectivity index (χ3v) is 4.68. The highest BCUT2D eigenvalue weighted by molar-refractivity contribution is 8.23. The van der Waals surface area contributed by atoms with Gasteiger partial charge in [0.25, 0.3) is 0 Å². The first-order chi connectivity index (χ1) is 11.4. The molecule has 1 saturated heterocycles. The van der Waals surface area contributed by atoms with Crippen LogP contribution in [0.25, 0.3) is 0 Å². The van der Waals surface area contributed by atoms with Gasteiger partial charge in [0.15, 0.2) is 0 Å². The number of alkyl halides is 3. The number of amides is 4. The third-order valence-electron chi connectivity index (χ3n) is 3.20. The number of carbonyl (C=O) groups excluding carboxylic acids is 4. The van der Waals surface area contributed by atoms with E-state index in [4.69, 9.17) is 17.0 Å². The van der Waals surface area contributed by atoms with E-state index in [1.165, 1.54) is 0 Å².